The monoisotopic (exact) mass is 348 g/mol. The third-order valence-corrected chi connectivity index (χ3v) is 4.00. The number of fused-ring (bicyclic) bond motifs is 1. The molecule has 3 rings (SSSR count). The van der Waals surface area contributed by atoms with Crippen LogP contribution >= 0.6 is 11.3 Å². The molecule has 8 nitrogen and oxygen atoms in total. The summed E-state index contributed by atoms with van der Waals surface area (Å²) in [6.07, 6.45) is 1.27. The van der Waals surface area contributed by atoms with Crippen LogP contribution in [0.2, 0.25) is 0 Å². The summed E-state index contributed by atoms with van der Waals surface area (Å²) in [7, 11) is 2.82. The van der Waals surface area contributed by atoms with Crippen LogP contribution in [0.5, 0.6) is 11.8 Å². The molecule has 0 saturated carbocycles. The lowest BCUT2D eigenvalue weighted by Gasteiger charge is -2.07. The van der Waals surface area contributed by atoms with E-state index in [0.29, 0.717) is 10.2 Å². The Morgan fingerprint density at radius 1 is 1.21 bits per heavy atom. The van der Waals surface area contributed by atoms with Crippen molar-refractivity contribution >= 4 is 33.3 Å². The highest BCUT2D eigenvalue weighted by atomic mass is 32.1. The highest BCUT2D eigenvalue weighted by Crippen LogP contribution is 2.28. The number of ether oxygens (including phenoxy) is 2. The Bertz CT molecular complexity index is 1020. The maximum Gasteiger partial charge on any atom is 0.315 e. The van der Waals surface area contributed by atoms with E-state index in [4.69, 9.17) is 9.47 Å². The molecule has 0 saturated heterocycles. The predicted molar refractivity (Wildman–Crippen MR) is 83.9 cm³/mol. The molecule has 0 atom stereocenters. The second kappa shape index (κ2) is 6.19. The summed E-state index contributed by atoms with van der Waals surface area (Å²) in [4.78, 5) is 33.8. The Kier molecular flexibility index (Phi) is 4.07. The van der Waals surface area contributed by atoms with Crippen molar-refractivity contribution in [1.29, 1.82) is 0 Å². The topological polar surface area (TPSA) is 95.7 Å². The van der Waals surface area contributed by atoms with E-state index in [1.807, 2.05) is 0 Å². The summed E-state index contributed by atoms with van der Waals surface area (Å²) < 4.78 is 25.5. The highest BCUT2D eigenvalue weighted by Gasteiger charge is 2.17. The van der Waals surface area contributed by atoms with Gasteiger partial charge in [0.05, 0.1) is 30.5 Å². The first-order chi connectivity index (χ1) is 11.6. The molecule has 10 heteroatoms. The number of halogens is 1. The van der Waals surface area contributed by atoms with Crippen LogP contribution in [0.25, 0.3) is 16.2 Å². The molecule has 0 aliphatic rings. The standard InChI is InChI=1S/C14H9FN4O4S/c1-22-11-5-12(23-2)18-13(17-11)19-9-4-8(16-6-20)7(15)3-10(9)24-14(19)21/h3-5H,1-2H3. The fraction of sp³-hybridized carbons (Fsp3) is 0.143. The molecular weight excluding hydrogens is 339 g/mol. The lowest BCUT2D eigenvalue weighted by atomic mass is 10.3. The smallest absolute Gasteiger partial charge is 0.315 e. The number of rotatable bonds is 4. The molecule has 0 unspecified atom stereocenters. The minimum atomic E-state index is -0.733. The van der Waals surface area contributed by atoms with Crippen molar-refractivity contribution in [3.05, 3.63) is 33.7 Å². The number of methoxy groups -OCH3 is 2. The molecule has 0 amide bonds. The molecule has 2 aromatic heterocycles. The van der Waals surface area contributed by atoms with E-state index < -0.39 is 10.7 Å². The van der Waals surface area contributed by atoms with Gasteiger partial charge in [-0.3, -0.25) is 4.79 Å². The van der Waals surface area contributed by atoms with Crippen molar-refractivity contribution in [2.24, 2.45) is 4.99 Å². The number of aliphatic imine (C=N–C) groups is 1. The molecule has 0 bridgehead atoms. The summed E-state index contributed by atoms with van der Waals surface area (Å²) in [5, 5.41) is 0. The van der Waals surface area contributed by atoms with E-state index in [9.17, 15) is 14.0 Å². The minimum absolute atomic E-state index is 0.00455. The summed E-state index contributed by atoms with van der Waals surface area (Å²) in [5.41, 5.74) is 0.0645. The van der Waals surface area contributed by atoms with Crippen molar-refractivity contribution in [2.75, 3.05) is 14.2 Å². The summed E-state index contributed by atoms with van der Waals surface area (Å²) in [5.74, 6) is -0.355. The number of isocyanates is 1. The Morgan fingerprint density at radius 3 is 2.46 bits per heavy atom. The Labute approximate surface area is 137 Å². The van der Waals surface area contributed by atoms with Crippen LogP contribution in [0, 0.1) is 5.82 Å². The number of aromatic nitrogens is 3. The largest absolute Gasteiger partial charge is 0.481 e. The fourth-order valence-electron chi connectivity index (χ4n) is 2.05. The van der Waals surface area contributed by atoms with Crippen LogP contribution < -0.4 is 14.3 Å². The first kappa shape index (κ1) is 15.8. The van der Waals surface area contributed by atoms with Crippen molar-refractivity contribution in [2.45, 2.75) is 0 Å². The molecule has 0 spiro atoms. The van der Waals surface area contributed by atoms with Gasteiger partial charge in [-0.2, -0.15) is 15.0 Å². The number of thiazole rings is 1. The molecule has 2 heterocycles. The van der Waals surface area contributed by atoms with Crippen LogP contribution in [0.3, 0.4) is 0 Å². The fourth-order valence-corrected chi connectivity index (χ4v) is 2.93. The van der Waals surface area contributed by atoms with Crippen LogP contribution in [0.15, 0.2) is 28.0 Å². The summed E-state index contributed by atoms with van der Waals surface area (Å²) >= 11 is 0.807. The van der Waals surface area contributed by atoms with Gasteiger partial charge in [-0.1, -0.05) is 11.3 Å². The molecule has 0 N–H and O–H groups in total. The van der Waals surface area contributed by atoms with E-state index in [-0.39, 0.29) is 23.4 Å². The maximum atomic E-state index is 13.8. The molecular formula is C14H9FN4O4S. The van der Waals surface area contributed by atoms with Crippen LogP contribution in [0.4, 0.5) is 10.1 Å². The van der Waals surface area contributed by atoms with Gasteiger partial charge in [0.15, 0.2) is 5.82 Å². The molecule has 0 radical (unpaired) electrons. The second-order valence-corrected chi connectivity index (χ2v) is 5.42. The quantitative estimate of drug-likeness (QED) is 0.528. The summed E-state index contributed by atoms with van der Waals surface area (Å²) in [6, 6.07) is 3.82. The normalized spacial score (nSPS) is 10.5. The zero-order valence-corrected chi connectivity index (χ0v) is 13.3. The first-order valence-electron chi connectivity index (χ1n) is 6.47. The SMILES string of the molecule is COc1cc(OC)nc(-n2c(=O)sc3cc(F)c(N=C=O)cc32)n1. The lowest BCUT2D eigenvalue weighted by molar-refractivity contribution is 0.370. The molecule has 1 aromatic carbocycles. The van der Waals surface area contributed by atoms with Crippen molar-refractivity contribution in [3.8, 4) is 17.7 Å². The maximum absolute atomic E-state index is 13.8. The van der Waals surface area contributed by atoms with Gasteiger partial charge in [-0.25, -0.2) is 13.8 Å². The average Bonchev–Trinajstić information content (AvgIpc) is 2.89. The average molecular weight is 348 g/mol. The number of benzene rings is 1. The van der Waals surface area contributed by atoms with Gasteiger partial charge in [0, 0.05) is 0 Å². The van der Waals surface area contributed by atoms with Crippen molar-refractivity contribution in [3.63, 3.8) is 0 Å². The van der Waals surface area contributed by atoms with E-state index in [2.05, 4.69) is 15.0 Å². The summed E-state index contributed by atoms with van der Waals surface area (Å²) in [6.45, 7) is 0. The van der Waals surface area contributed by atoms with Gasteiger partial charge >= 0.3 is 4.87 Å². The number of hydrogen-bond donors (Lipinski definition) is 0. The van der Waals surface area contributed by atoms with E-state index >= 15 is 0 Å². The number of hydrogen-bond acceptors (Lipinski definition) is 8. The second-order valence-electron chi connectivity index (χ2n) is 4.43. The first-order valence-corrected chi connectivity index (χ1v) is 7.29. The van der Waals surface area contributed by atoms with Gasteiger partial charge in [0.1, 0.15) is 5.69 Å². The third-order valence-electron chi connectivity index (χ3n) is 3.10. The van der Waals surface area contributed by atoms with Crippen LogP contribution in [-0.2, 0) is 4.79 Å². The Morgan fingerprint density at radius 2 is 1.88 bits per heavy atom. The minimum Gasteiger partial charge on any atom is -0.481 e. The molecule has 0 aliphatic carbocycles. The molecule has 24 heavy (non-hydrogen) atoms. The lowest BCUT2D eigenvalue weighted by Crippen LogP contribution is -2.14. The Hall–Kier alpha value is -3.10. The van der Waals surface area contributed by atoms with Gasteiger partial charge in [0.25, 0.3) is 0 Å². The van der Waals surface area contributed by atoms with Crippen LogP contribution in [0.1, 0.15) is 0 Å². The molecule has 0 aliphatic heterocycles. The predicted octanol–water partition coefficient (Wildman–Crippen LogP) is 1.97. The van der Waals surface area contributed by atoms with E-state index in [0.717, 1.165) is 22.0 Å². The Balaban J connectivity index is 2.33. The van der Waals surface area contributed by atoms with E-state index in [1.54, 1.807) is 0 Å². The third kappa shape index (κ3) is 2.64. The highest BCUT2D eigenvalue weighted by molar-refractivity contribution is 7.16. The molecule has 122 valence electrons. The number of carbonyl (C=O) groups excluding carboxylic acids is 1. The molecule has 0 fully saturated rings. The van der Waals surface area contributed by atoms with Gasteiger partial charge in [-0.05, 0) is 12.1 Å². The van der Waals surface area contributed by atoms with Crippen molar-refractivity contribution < 1.29 is 18.7 Å². The number of nitrogens with zero attached hydrogens (tertiary/aromatic N) is 4. The van der Waals surface area contributed by atoms with E-state index in [1.165, 1.54) is 32.4 Å². The van der Waals surface area contributed by atoms with Gasteiger partial charge in [-0.15, -0.1) is 0 Å². The van der Waals surface area contributed by atoms with Gasteiger partial charge < -0.3 is 9.47 Å². The zero-order valence-electron chi connectivity index (χ0n) is 12.4. The van der Waals surface area contributed by atoms with Gasteiger partial charge in [0.2, 0.25) is 23.8 Å². The molecule has 3 aromatic rings. The zero-order chi connectivity index (χ0) is 17.3. The van der Waals surface area contributed by atoms with Crippen LogP contribution in [-0.4, -0.2) is 34.8 Å². The van der Waals surface area contributed by atoms with Crippen molar-refractivity contribution in [1.82, 2.24) is 14.5 Å².